The zero-order chi connectivity index (χ0) is 15.3. The second-order valence-corrected chi connectivity index (χ2v) is 7.03. The number of rotatable bonds is 8. The van der Waals surface area contributed by atoms with E-state index in [1.165, 1.54) is 0 Å². The van der Waals surface area contributed by atoms with E-state index < -0.39 is 10.0 Å². The fourth-order valence-electron chi connectivity index (χ4n) is 2.12. The van der Waals surface area contributed by atoms with Crippen LogP contribution < -0.4 is 10.0 Å². The number of likely N-dealkylation sites (N-methyl/N-ethyl adjacent to an activating group) is 1. The Hall–Kier alpha value is -0.630. The predicted molar refractivity (Wildman–Crippen MR) is 87.5 cm³/mol. The summed E-state index contributed by atoms with van der Waals surface area (Å²) in [7, 11) is -3.49. The van der Waals surface area contributed by atoms with E-state index in [0.717, 1.165) is 13.1 Å². The first kappa shape index (κ1) is 20.4. The van der Waals surface area contributed by atoms with Crippen LogP contribution in [0.25, 0.3) is 0 Å². The molecule has 1 aromatic rings. The molecule has 0 aliphatic rings. The standard InChI is InChI=1S/C13H26N4O2S.ClH/c1-6-14-7-8-15-20(18,19)13-11(4)16-17(12(13)5)9-10(2)3;/h10,14-15H,6-9H2,1-5H3;1H. The highest BCUT2D eigenvalue weighted by atomic mass is 35.5. The molecular weight excluding hydrogens is 312 g/mol. The van der Waals surface area contributed by atoms with Gasteiger partial charge in [-0.2, -0.15) is 5.10 Å². The van der Waals surface area contributed by atoms with Crippen LogP contribution in [-0.4, -0.2) is 37.8 Å². The molecule has 0 saturated carbocycles. The van der Waals surface area contributed by atoms with Crippen LogP contribution in [-0.2, 0) is 16.6 Å². The van der Waals surface area contributed by atoms with Crippen molar-refractivity contribution >= 4 is 22.4 Å². The maximum atomic E-state index is 12.3. The minimum Gasteiger partial charge on any atom is -0.316 e. The van der Waals surface area contributed by atoms with E-state index in [2.05, 4.69) is 29.0 Å². The highest BCUT2D eigenvalue weighted by molar-refractivity contribution is 7.89. The lowest BCUT2D eigenvalue weighted by atomic mass is 10.2. The lowest BCUT2D eigenvalue weighted by molar-refractivity contribution is 0.471. The summed E-state index contributed by atoms with van der Waals surface area (Å²) < 4.78 is 29.1. The minimum absolute atomic E-state index is 0. The van der Waals surface area contributed by atoms with Crippen molar-refractivity contribution < 1.29 is 8.42 Å². The van der Waals surface area contributed by atoms with Crippen molar-refractivity contribution in [3.8, 4) is 0 Å². The molecule has 1 rings (SSSR count). The molecule has 0 amide bonds. The monoisotopic (exact) mass is 338 g/mol. The topological polar surface area (TPSA) is 76.0 Å². The zero-order valence-electron chi connectivity index (χ0n) is 13.4. The maximum Gasteiger partial charge on any atom is 0.244 e. The summed E-state index contributed by atoms with van der Waals surface area (Å²) in [4.78, 5) is 0.314. The molecule has 0 spiro atoms. The normalized spacial score (nSPS) is 11.7. The smallest absolute Gasteiger partial charge is 0.244 e. The third kappa shape index (κ3) is 5.58. The van der Waals surface area contributed by atoms with Crippen molar-refractivity contribution in [2.75, 3.05) is 19.6 Å². The molecule has 0 aliphatic heterocycles. The van der Waals surface area contributed by atoms with Gasteiger partial charge in [0.2, 0.25) is 10.0 Å². The summed E-state index contributed by atoms with van der Waals surface area (Å²) in [6.07, 6.45) is 0. The molecule has 0 bridgehead atoms. The van der Waals surface area contributed by atoms with Gasteiger partial charge in [-0.15, -0.1) is 12.4 Å². The molecule has 0 radical (unpaired) electrons. The van der Waals surface area contributed by atoms with Crippen LogP contribution in [0.2, 0.25) is 0 Å². The fraction of sp³-hybridized carbons (Fsp3) is 0.769. The molecule has 0 fully saturated rings. The number of hydrogen-bond donors (Lipinski definition) is 2. The second-order valence-electron chi connectivity index (χ2n) is 5.33. The Morgan fingerprint density at radius 1 is 1.24 bits per heavy atom. The van der Waals surface area contributed by atoms with Crippen LogP contribution in [0.3, 0.4) is 0 Å². The fourth-order valence-corrected chi connectivity index (χ4v) is 3.55. The molecule has 1 heterocycles. The molecule has 0 aromatic carbocycles. The number of aryl methyl sites for hydroxylation is 1. The van der Waals surface area contributed by atoms with Crippen molar-refractivity contribution in [2.45, 2.75) is 46.1 Å². The number of hydrogen-bond acceptors (Lipinski definition) is 4. The Labute approximate surface area is 134 Å². The van der Waals surface area contributed by atoms with Gasteiger partial charge >= 0.3 is 0 Å². The van der Waals surface area contributed by atoms with Crippen molar-refractivity contribution in [2.24, 2.45) is 5.92 Å². The largest absolute Gasteiger partial charge is 0.316 e. The van der Waals surface area contributed by atoms with Crippen molar-refractivity contribution in [3.63, 3.8) is 0 Å². The van der Waals surface area contributed by atoms with Crippen LogP contribution in [0.15, 0.2) is 4.90 Å². The van der Waals surface area contributed by atoms with Gasteiger partial charge in [-0.1, -0.05) is 20.8 Å². The van der Waals surface area contributed by atoms with Gasteiger partial charge in [0, 0.05) is 19.6 Å². The predicted octanol–water partition coefficient (Wildman–Crippen LogP) is 1.47. The van der Waals surface area contributed by atoms with Crippen molar-refractivity contribution in [1.82, 2.24) is 19.8 Å². The van der Waals surface area contributed by atoms with E-state index in [-0.39, 0.29) is 12.4 Å². The Balaban J connectivity index is 0.00000400. The van der Waals surface area contributed by atoms with Crippen LogP contribution >= 0.6 is 12.4 Å². The van der Waals surface area contributed by atoms with Gasteiger partial charge in [-0.05, 0) is 26.3 Å². The molecule has 0 atom stereocenters. The van der Waals surface area contributed by atoms with Gasteiger partial charge < -0.3 is 5.32 Å². The van der Waals surface area contributed by atoms with E-state index in [1.807, 2.05) is 6.92 Å². The lowest BCUT2D eigenvalue weighted by Gasteiger charge is -2.09. The molecule has 0 aliphatic carbocycles. The Morgan fingerprint density at radius 2 is 1.86 bits per heavy atom. The van der Waals surface area contributed by atoms with E-state index in [4.69, 9.17) is 0 Å². The number of halogens is 1. The van der Waals surface area contributed by atoms with Crippen molar-refractivity contribution in [1.29, 1.82) is 0 Å². The van der Waals surface area contributed by atoms with E-state index >= 15 is 0 Å². The third-order valence-electron chi connectivity index (χ3n) is 2.97. The van der Waals surface area contributed by atoms with Gasteiger partial charge in [0.15, 0.2) is 0 Å². The molecular formula is C13H27ClN4O2S. The SMILES string of the molecule is CCNCCNS(=O)(=O)c1c(C)nn(CC(C)C)c1C.Cl. The van der Waals surface area contributed by atoms with E-state index in [9.17, 15) is 8.42 Å². The van der Waals surface area contributed by atoms with Crippen molar-refractivity contribution in [3.05, 3.63) is 11.4 Å². The quantitative estimate of drug-likeness (QED) is 0.704. The van der Waals surface area contributed by atoms with E-state index in [0.29, 0.717) is 35.3 Å². The molecule has 2 N–H and O–H groups in total. The Morgan fingerprint density at radius 3 is 2.38 bits per heavy atom. The minimum atomic E-state index is -3.49. The third-order valence-corrected chi connectivity index (χ3v) is 4.68. The first-order valence-corrected chi connectivity index (χ1v) is 8.52. The molecule has 1 aromatic heterocycles. The molecule has 124 valence electrons. The second kappa shape index (κ2) is 8.73. The molecule has 8 heteroatoms. The van der Waals surface area contributed by atoms with Crippen LogP contribution in [0.1, 0.15) is 32.2 Å². The summed E-state index contributed by atoms with van der Waals surface area (Å²) in [5, 5.41) is 7.43. The average molecular weight is 339 g/mol. The number of sulfonamides is 1. The maximum absolute atomic E-state index is 12.3. The van der Waals surface area contributed by atoms with Crippen LogP contribution in [0.4, 0.5) is 0 Å². The number of aromatic nitrogens is 2. The van der Waals surface area contributed by atoms with Gasteiger partial charge in [0.1, 0.15) is 4.90 Å². The summed E-state index contributed by atoms with van der Waals surface area (Å²) in [6, 6.07) is 0. The summed E-state index contributed by atoms with van der Waals surface area (Å²) in [6.45, 7) is 12.2. The molecule has 0 unspecified atom stereocenters. The Bertz CT molecular complexity index is 541. The van der Waals surface area contributed by atoms with Gasteiger partial charge in [0.25, 0.3) is 0 Å². The summed E-state index contributed by atoms with van der Waals surface area (Å²) >= 11 is 0. The molecule has 0 saturated heterocycles. The van der Waals surface area contributed by atoms with E-state index in [1.54, 1.807) is 18.5 Å². The van der Waals surface area contributed by atoms with Gasteiger partial charge in [-0.25, -0.2) is 13.1 Å². The first-order chi connectivity index (χ1) is 9.29. The molecule has 6 nitrogen and oxygen atoms in total. The Kier molecular flexibility index (Phi) is 8.46. The van der Waals surface area contributed by atoms with Crippen LogP contribution in [0, 0.1) is 19.8 Å². The average Bonchev–Trinajstić information content (AvgIpc) is 2.60. The highest BCUT2D eigenvalue weighted by Gasteiger charge is 2.24. The van der Waals surface area contributed by atoms with Crippen LogP contribution in [0.5, 0.6) is 0 Å². The molecule has 21 heavy (non-hydrogen) atoms. The summed E-state index contributed by atoms with van der Waals surface area (Å²) in [5.74, 6) is 0.422. The highest BCUT2D eigenvalue weighted by Crippen LogP contribution is 2.19. The lowest BCUT2D eigenvalue weighted by Crippen LogP contribution is -2.32. The summed E-state index contributed by atoms with van der Waals surface area (Å²) in [5.41, 5.74) is 1.26. The van der Waals surface area contributed by atoms with Gasteiger partial charge in [0.05, 0.1) is 11.4 Å². The first-order valence-electron chi connectivity index (χ1n) is 7.04. The number of nitrogens with one attached hydrogen (secondary N) is 2. The van der Waals surface area contributed by atoms with Gasteiger partial charge in [-0.3, -0.25) is 4.68 Å². The number of nitrogens with zero attached hydrogens (tertiary/aromatic N) is 2. The zero-order valence-corrected chi connectivity index (χ0v) is 15.1.